The number of benzene rings is 8. The molecule has 0 heteroatoms. The smallest absolute Gasteiger partial charge is 0.0159 e. The molecule has 50 heavy (non-hydrogen) atoms. The van der Waals surface area contributed by atoms with E-state index in [1.807, 2.05) is 0 Å². The van der Waals surface area contributed by atoms with E-state index in [0.29, 0.717) is 0 Å². The Labute approximate surface area is 295 Å². The highest BCUT2D eigenvalue weighted by atomic mass is 14.4. The van der Waals surface area contributed by atoms with Crippen molar-refractivity contribution in [3.63, 3.8) is 0 Å². The van der Waals surface area contributed by atoms with Crippen LogP contribution < -0.4 is 0 Å². The number of hydrogen-bond acceptors (Lipinski definition) is 0. The molecule has 2 aliphatic carbocycles. The highest BCUT2D eigenvalue weighted by Gasteiger charge is 2.38. The Kier molecular flexibility index (Phi) is 5.78. The first-order valence-corrected chi connectivity index (χ1v) is 18.2. The fourth-order valence-electron chi connectivity index (χ4n) is 9.46. The standard InChI is InChI=1S/C50H42/c1-48(2,3)35-18-24-40-38-21-16-33(26-43(38)50(6,7)45(40)28-35)32-15-20-37-39-22-17-34(27-44(39)49(4,5)42(37)25-32)36-19-13-31-12-11-29-9-8-10-30-14-23-41(36)47(31)46(29)30/h8-28H,1-7H3. The van der Waals surface area contributed by atoms with Gasteiger partial charge in [0.2, 0.25) is 0 Å². The van der Waals surface area contributed by atoms with E-state index < -0.39 is 0 Å². The average molecular weight is 643 g/mol. The Morgan fingerprint density at radius 1 is 0.380 bits per heavy atom. The molecule has 0 saturated carbocycles. The van der Waals surface area contributed by atoms with Gasteiger partial charge in [-0.1, -0.05) is 158 Å². The molecule has 0 spiro atoms. The lowest BCUT2D eigenvalue weighted by atomic mass is 9.78. The fourth-order valence-corrected chi connectivity index (χ4v) is 9.46. The maximum absolute atomic E-state index is 2.47. The first kappa shape index (κ1) is 29.7. The summed E-state index contributed by atoms with van der Waals surface area (Å²) in [6.07, 6.45) is 0. The Morgan fingerprint density at radius 3 is 1.36 bits per heavy atom. The van der Waals surface area contributed by atoms with E-state index in [1.165, 1.54) is 105 Å². The Hall–Kier alpha value is -5.20. The second-order valence-electron chi connectivity index (χ2n) is 17.0. The van der Waals surface area contributed by atoms with Crippen LogP contribution in [0.5, 0.6) is 0 Å². The zero-order valence-electron chi connectivity index (χ0n) is 30.1. The van der Waals surface area contributed by atoms with Crippen LogP contribution in [0.3, 0.4) is 0 Å². The van der Waals surface area contributed by atoms with Crippen molar-refractivity contribution in [1.29, 1.82) is 0 Å². The summed E-state index contributed by atoms with van der Waals surface area (Å²) in [4.78, 5) is 0. The van der Waals surface area contributed by atoms with E-state index in [1.54, 1.807) is 0 Å². The van der Waals surface area contributed by atoms with Crippen molar-refractivity contribution in [3.8, 4) is 44.5 Å². The summed E-state index contributed by atoms with van der Waals surface area (Å²) in [5.74, 6) is 0. The van der Waals surface area contributed by atoms with Crippen LogP contribution in [0.25, 0.3) is 76.8 Å². The molecular weight excluding hydrogens is 601 g/mol. The minimum Gasteiger partial charge on any atom is -0.0610 e. The van der Waals surface area contributed by atoms with Crippen LogP contribution in [0.4, 0.5) is 0 Å². The third kappa shape index (κ3) is 3.94. The first-order valence-electron chi connectivity index (χ1n) is 18.2. The first-order chi connectivity index (χ1) is 23.9. The number of hydrogen-bond donors (Lipinski definition) is 0. The highest BCUT2D eigenvalue weighted by molar-refractivity contribution is 6.25. The van der Waals surface area contributed by atoms with Gasteiger partial charge in [-0.15, -0.1) is 0 Å². The van der Waals surface area contributed by atoms with Crippen LogP contribution in [-0.2, 0) is 16.2 Å². The second-order valence-corrected chi connectivity index (χ2v) is 17.0. The predicted molar refractivity (Wildman–Crippen MR) is 215 cm³/mol. The van der Waals surface area contributed by atoms with Crippen molar-refractivity contribution in [2.75, 3.05) is 0 Å². The van der Waals surface area contributed by atoms with Crippen molar-refractivity contribution < 1.29 is 0 Å². The largest absolute Gasteiger partial charge is 0.0610 e. The van der Waals surface area contributed by atoms with Gasteiger partial charge in [-0.25, -0.2) is 0 Å². The summed E-state index contributed by atoms with van der Waals surface area (Å²) in [6, 6.07) is 49.1. The zero-order chi connectivity index (χ0) is 34.3. The van der Waals surface area contributed by atoms with Gasteiger partial charge in [0.05, 0.1) is 0 Å². The average Bonchev–Trinajstić information content (AvgIpc) is 3.48. The second kappa shape index (κ2) is 9.73. The van der Waals surface area contributed by atoms with Gasteiger partial charge >= 0.3 is 0 Å². The molecule has 0 fully saturated rings. The van der Waals surface area contributed by atoms with E-state index in [9.17, 15) is 0 Å². The molecule has 10 rings (SSSR count). The van der Waals surface area contributed by atoms with Crippen molar-refractivity contribution in [2.45, 2.75) is 64.7 Å². The van der Waals surface area contributed by atoms with Crippen LogP contribution in [0.15, 0.2) is 127 Å². The summed E-state index contributed by atoms with van der Waals surface area (Å²) in [5, 5.41) is 8.01. The van der Waals surface area contributed by atoms with Gasteiger partial charge < -0.3 is 0 Å². The number of rotatable bonds is 2. The van der Waals surface area contributed by atoms with E-state index in [4.69, 9.17) is 0 Å². The molecule has 0 unspecified atom stereocenters. The van der Waals surface area contributed by atoms with Crippen molar-refractivity contribution in [3.05, 3.63) is 155 Å². The zero-order valence-corrected chi connectivity index (χ0v) is 30.1. The number of fused-ring (bicyclic) bond motifs is 6. The lowest BCUT2D eigenvalue weighted by molar-refractivity contribution is 0.584. The van der Waals surface area contributed by atoms with Crippen LogP contribution in [0.2, 0.25) is 0 Å². The third-order valence-electron chi connectivity index (χ3n) is 12.4. The van der Waals surface area contributed by atoms with Gasteiger partial charge in [-0.3, -0.25) is 0 Å². The maximum atomic E-state index is 2.47. The van der Waals surface area contributed by atoms with Crippen molar-refractivity contribution >= 4 is 32.3 Å². The molecule has 2 aliphatic rings. The van der Waals surface area contributed by atoms with Crippen LogP contribution >= 0.6 is 0 Å². The van der Waals surface area contributed by atoms with Crippen LogP contribution in [0, 0.1) is 0 Å². The van der Waals surface area contributed by atoms with Gasteiger partial charge in [0.25, 0.3) is 0 Å². The normalized spacial score (nSPS) is 15.4. The van der Waals surface area contributed by atoms with Gasteiger partial charge in [0.15, 0.2) is 0 Å². The van der Waals surface area contributed by atoms with E-state index >= 15 is 0 Å². The molecule has 8 aromatic rings. The molecule has 0 aromatic heterocycles. The lowest BCUT2D eigenvalue weighted by Gasteiger charge is -2.25. The molecule has 0 aliphatic heterocycles. The highest BCUT2D eigenvalue weighted by Crippen LogP contribution is 2.53. The topological polar surface area (TPSA) is 0 Å². The molecular formula is C50H42. The van der Waals surface area contributed by atoms with Crippen molar-refractivity contribution in [2.24, 2.45) is 0 Å². The van der Waals surface area contributed by atoms with Gasteiger partial charge in [-0.05, 0) is 128 Å². The molecule has 0 saturated heterocycles. The quantitative estimate of drug-likeness (QED) is 0.165. The van der Waals surface area contributed by atoms with Gasteiger partial charge in [0.1, 0.15) is 0 Å². The minimum atomic E-state index is -0.115. The Bertz CT molecular complexity index is 2710. The molecule has 242 valence electrons. The lowest BCUT2D eigenvalue weighted by Crippen LogP contribution is -2.17. The summed E-state index contributed by atoms with van der Waals surface area (Å²) >= 11 is 0. The van der Waals surface area contributed by atoms with Gasteiger partial charge in [-0.2, -0.15) is 0 Å². The maximum Gasteiger partial charge on any atom is 0.0159 e. The predicted octanol–water partition coefficient (Wildman–Crippen LogP) is 13.8. The summed E-state index contributed by atoms with van der Waals surface area (Å²) < 4.78 is 0. The Morgan fingerprint density at radius 2 is 0.800 bits per heavy atom. The molecule has 0 N–H and O–H groups in total. The summed E-state index contributed by atoms with van der Waals surface area (Å²) in [6.45, 7) is 16.5. The molecule has 0 radical (unpaired) electrons. The minimum absolute atomic E-state index is 0.0459. The third-order valence-corrected chi connectivity index (χ3v) is 12.4. The molecule has 0 bridgehead atoms. The molecule has 0 atom stereocenters. The van der Waals surface area contributed by atoms with Gasteiger partial charge in [0, 0.05) is 10.8 Å². The Balaban J connectivity index is 1.05. The monoisotopic (exact) mass is 642 g/mol. The molecule has 0 heterocycles. The van der Waals surface area contributed by atoms with Crippen LogP contribution in [-0.4, -0.2) is 0 Å². The summed E-state index contributed by atoms with van der Waals surface area (Å²) in [7, 11) is 0. The van der Waals surface area contributed by atoms with E-state index in [0.717, 1.165) is 0 Å². The molecule has 0 nitrogen and oxygen atoms in total. The van der Waals surface area contributed by atoms with E-state index in [-0.39, 0.29) is 16.2 Å². The van der Waals surface area contributed by atoms with Crippen LogP contribution in [0.1, 0.15) is 76.3 Å². The molecule has 0 amide bonds. The molecule has 8 aromatic carbocycles. The van der Waals surface area contributed by atoms with Crippen molar-refractivity contribution in [1.82, 2.24) is 0 Å². The summed E-state index contributed by atoms with van der Waals surface area (Å²) in [5.41, 5.74) is 17.7. The van der Waals surface area contributed by atoms with E-state index in [2.05, 4.69) is 176 Å². The SMILES string of the molecule is CC(C)(C)c1ccc2c(c1)C(C)(C)c1cc(-c3ccc4c(c3)C(C)(C)c3cc(-c5ccc6ccc7cccc8ccc5c6c78)ccc3-4)ccc1-2. The fraction of sp³-hybridized carbons (Fsp3) is 0.200.